The van der Waals surface area contributed by atoms with E-state index in [1.165, 1.54) is 3.58 Å². The van der Waals surface area contributed by atoms with Gasteiger partial charge in [0.25, 0.3) is 0 Å². The summed E-state index contributed by atoms with van der Waals surface area (Å²) in [6.07, 6.45) is 1.87. The zero-order chi connectivity index (χ0) is 9.90. The van der Waals surface area contributed by atoms with Crippen LogP contribution in [0.25, 0.3) is 0 Å². The van der Waals surface area contributed by atoms with Gasteiger partial charge in [-0.1, -0.05) is 0 Å². The van der Waals surface area contributed by atoms with Crippen LogP contribution in [-0.2, 0) is 0 Å². The van der Waals surface area contributed by atoms with E-state index in [1.807, 2.05) is 13.1 Å². The maximum atomic E-state index is 4.20. The fourth-order valence-corrected chi connectivity index (χ4v) is 4.36. The molecule has 0 spiro atoms. The van der Waals surface area contributed by atoms with E-state index in [9.17, 15) is 0 Å². The number of pyridine rings is 1. The number of aromatic nitrogens is 1. The van der Waals surface area contributed by atoms with Gasteiger partial charge >= 0.3 is 84.5 Å². The third-order valence-corrected chi connectivity index (χ3v) is 7.71. The van der Waals surface area contributed by atoms with Crippen LogP contribution in [0, 0.1) is 11.8 Å². The van der Waals surface area contributed by atoms with Crippen molar-refractivity contribution in [1.82, 2.24) is 4.98 Å². The monoisotopic (exact) mass is 281 g/mol. The van der Waals surface area contributed by atoms with Crippen molar-refractivity contribution < 1.29 is 0 Å². The molecule has 0 aromatic carbocycles. The van der Waals surface area contributed by atoms with Gasteiger partial charge in [0.1, 0.15) is 0 Å². The van der Waals surface area contributed by atoms with Crippen LogP contribution in [0.2, 0.25) is 14.8 Å². The Balaban J connectivity index is 3.10. The molecular weight excluding hydrogens is 265 g/mol. The van der Waals surface area contributed by atoms with Gasteiger partial charge in [0.15, 0.2) is 0 Å². The van der Waals surface area contributed by atoms with Crippen LogP contribution in [0.1, 0.15) is 12.6 Å². The van der Waals surface area contributed by atoms with Crippen LogP contribution in [0.15, 0.2) is 18.3 Å². The Morgan fingerprint density at radius 1 is 1.31 bits per heavy atom. The molecule has 1 aromatic rings. The predicted octanol–water partition coefficient (Wildman–Crippen LogP) is 2.00. The van der Waals surface area contributed by atoms with Gasteiger partial charge in [-0.3, -0.25) is 0 Å². The molecule has 1 heterocycles. The van der Waals surface area contributed by atoms with E-state index in [2.05, 4.69) is 43.8 Å². The summed E-state index contributed by atoms with van der Waals surface area (Å²) in [6.45, 7) is 1.84. The molecule has 1 rings (SSSR count). The average Bonchev–Trinajstić information content (AvgIpc) is 2.04. The number of hydrogen-bond acceptors (Lipinski definition) is 1. The zero-order valence-electron chi connectivity index (χ0n) is 8.68. The Labute approximate surface area is 84.5 Å². The van der Waals surface area contributed by atoms with Crippen LogP contribution in [0.5, 0.6) is 0 Å². The van der Waals surface area contributed by atoms with E-state index in [-0.39, 0.29) is 0 Å². The summed E-state index contributed by atoms with van der Waals surface area (Å²) in [5.74, 6) is 5.87. The predicted molar refractivity (Wildman–Crippen MR) is 59.8 cm³/mol. The van der Waals surface area contributed by atoms with Gasteiger partial charge in [-0.25, -0.2) is 0 Å². The minimum absolute atomic E-state index is 0.909. The van der Waals surface area contributed by atoms with Crippen LogP contribution < -0.4 is 3.58 Å². The van der Waals surface area contributed by atoms with Gasteiger partial charge in [-0.2, -0.15) is 0 Å². The first kappa shape index (κ1) is 10.6. The molecule has 1 nitrogen and oxygen atoms in total. The van der Waals surface area contributed by atoms with E-state index in [0.717, 1.165) is 5.69 Å². The first-order chi connectivity index (χ1) is 6.04. The molecule has 0 aliphatic heterocycles. The topological polar surface area (TPSA) is 12.9 Å². The standard InChI is InChI=1S/C8H6N.3CH3.Sn/c1-2-5-8-6-3-4-7-9-8;;;;/h4,6-7H,1H3;3*1H3;. The molecule has 0 bridgehead atoms. The molecule has 0 saturated carbocycles. The molecule has 2 heteroatoms. The van der Waals surface area contributed by atoms with Crippen LogP contribution in [-0.4, -0.2) is 23.4 Å². The van der Waals surface area contributed by atoms with Crippen molar-refractivity contribution in [2.75, 3.05) is 0 Å². The van der Waals surface area contributed by atoms with E-state index in [1.54, 1.807) is 0 Å². The van der Waals surface area contributed by atoms with Gasteiger partial charge in [-0.05, 0) is 0 Å². The van der Waals surface area contributed by atoms with Crippen molar-refractivity contribution in [2.45, 2.75) is 21.7 Å². The first-order valence-electron chi connectivity index (χ1n) is 4.43. The van der Waals surface area contributed by atoms with E-state index in [0.29, 0.717) is 0 Å². The number of nitrogens with zero attached hydrogens (tertiary/aromatic N) is 1. The van der Waals surface area contributed by atoms with Crippen LogP contribution >= 0.6 is 0 Å². The zero-order valence-corrected chi connectivity index (χ0v) is 11.5. The molecule has 1 aromatic heterocycles. The third kappa shape index (κ3) is 3.04. The maximum absolute atomic E-state index is 4.20. The summed E-state index contributed by atoms with van der Waals surface area (Å²) in [5.41, 5.74) is 0.909. The number of hydrogen-bond donors (Lipinski definition) is 0. The van der Waals surface area contributed by atoms with Crippen molar-refractivity contribution in [2.24, 2.45) is 0 Å². The molecule has 0 unspecified atom stereocenters. The van der Waals surface area contributed by atoms with E-state index >= 15 is 0 Å². The molecule has 68 valence electrons. The van der Waals surface area contributed by atoms with Gasteiger partial charge < -0.3 is 0 Å². The normalized spacial score (nSPS) is 10.5. The second kappa shape index (κ2) is 4.15. The SMILES string of the molecule is CC#Cc1c[c]([Sn]([CH3])([CH3])[CH3])ccn1. The van der Waals surface area contributed by atoms with Gasteiger partial charge in [0.2, 0.25) is 0 Å². The minimum atomic E-state index is -1.91. The van der Waals surface area contributed by atoms with Crippen molar-refractivity contribution in [3.05, 3.63) is 24.0 Å². The average molecular weight is 280 g/mol. The molecule has 0 aliphatic rings. The molecule has 0 aliphatic carbocycles. The molecule has 0 fully saturated rings. The van der Waals surface area contributed by atoms with Gasteiger partial charge in [-0.15, -0.1) is 0 Å². The molecule has 13 heavy (non-hydrogen) atoms. The molecule has 0 saturated heterocycles. The van der Waals surface area contributed by atoms with Gasteiger partial charge in [0, 0.05) is 0 Å². The summed E-state index contributed by atoms with van der Waals surface area (Å²) in [4.78, 5) is 11.4. The Morgan fingerprint density at radius 3 is 2.54 bits per heavy atom. The second-order valence-electron chi connectivity index (χ2n) is 4.05. The summed E-state index contributed by atoms with van der Waals surface area (Å²) < 4.78 is 1.49. The second-order valence-corrected chi connectivity index (χ2v) is 18.5. The fraction of sp³-hybridized carbons (Fsp3) is 0.364. The van der Waals surface area contributed by atoms with Crippen molar-refractivity contribution >= 4 is 22.0 Å². The van der Waals surface area contributed by atoms with Crippen molar-refractivity contribution in [3.8, 4) is 11.8 Å². The molecule has 0 N–H and O–H groups in total. The Kier molecular flexibility index (Phi) is 3.38. The van der Waals surface area contributed by atoms with E-state index < -0.39 is 18.4 Å². The summed E-state index contributed by atoms with van der Waals surface area (Å²) in [7, 11) is 0. The van der Waals surface area contributed by atoms with Crippen molar-refractivity contribution in [3.63, 3.8) is 0 Å². The molecular formula is C11H15NSn. The van der Waals surface area contributed by atoms with Gasteiger partial charge in [0.05, 0.1) is 0 Å². The number of rotatable bonds is 1. The van der Waals surface area contributed by atoms with Crippen LogP contribution in [0.3, 0.4) is 0 Å². The first-order valence-corrected chi connectivity index (χ1v) is 14.4. The summed E-state index contributed by atoms with van der Waals surface area (Å²) in [6, 6.07) is 4.28. The van der Waals surface area contributed by atoms with Crippen LogP contribution in [0.4, 0.5) is 0 Å². The Bertz CT molecular complexity index is 352. The Morgan fingerprint density at radius 2 is 2.00 bits per heavy atom. The molecule has 0 amide bonds. The summed E-state index contributed by atoms with van der Waals surface area (Å²) >= 11 is -1.91. The van der Waals surface area contributed by atoms with E-state index in [4.69, 9.17) is 0 Å². The quantitative estimate of drug-likeness (QED) is 0.566. The van der Waals surface area contributed by atoms with Crippen molar-refractivity contribution in [1.29, 1.82) is 0 Å². The molecule has 0 radical (unpaired) electrons. The summed E-state index contributed by atoms with van der Waals surface area (Å²) in [5, 5.41) is 0. The third-order valence-electron chi connectivity index (χ3n) is 1.88. The fourth-order valence-electron chi connectivity index (χ4n) is 1.09. The molecule has 0 atom stereocenters. The Hall–Kier alpha value is -0.491.